The van der Waals surface area contributed by atoms with E-state index in [2.05, 4.69) is 29.6 Å². The van der Waals surface area contributed by atoms with Crippen LogP contribution in [0, 0.1) is 10.8 Å². The molecule has 0 bridgehead atoms. The molecule has 7 heteroatoms. The zero-order chi connectivity index (χ0) is 25.2. The number of hydrogen-bond donors (Lipinski definition) is 2. The Morgan fingerprint density at radius 3 is 2.14 bits per heavy atom. The van der Waals surface area contributed by atoms with Crippen LogP contribution in [0.2, 0.25) is 0 Å². The minimum absolute atomic E-state index is 0.0322. The summed E-state index contributed by atoms with van der Waals surface area (Å²) >= 11 is 0. The number of amides is 2. The second kappa shape index (κ2) is 9.72. The van der Waals surface area contributed by atoms with Crippen molar-refractivity contribution in [1.29, 1.82) is 0 Å². The van der Waals surface area contributed by atoms with Gasteiger partial charge in [0.05, 0.1) is 10.8 Å². The van der Waals surface area contributed by atoms with Crippen LogP contribution in [0.25, 0.3) is 11.1 Å². The van der Waals surface area contributed by atoms with Crippen LogP contribution in [0.3, 0.4) is 0 Å². The van der Waals surface area contributed by atoms with E-state index >= 15 is 0 Å². The Labute approximate surface area is 206 Å². The first-order valence-electron chi connectivity index (χ1n) is 12.4. The number of likely N-dealkylation sites (tertiary alicyclic amines) is 1. The van der Waals surface area contributed by atoms with Gasteiger partial charge in [-0.1, -0.05) is 62.4 Å². The monoisotopic (exact) mass is 478 g/mol. The molecule has 0 radical (unpaired) electrons. The van der Waals surface area contributed by atoms with E-state index < -0.39 is 22.9 Å². The highest BCUT2D eigenvalue weighted by Crippen LogP contribution is 2.44. The fourth-order valence-electron chi connectivity index (χ4n) is 5.41. The standard InChI is InChI=1S/C28H34N2O5/c1-4-28(5-2,24(31)30-15-14-27(3,18-30)25(32)33)17-29-26(34)35-16-23-21-12-8-6-10-19(21)20-11-7-9-13-22(20)23/h6-13,23H,4-5,14-18H2,1-3H3,(H,29,34)(H,32,33). The molecule has 4 rings (SSSR count). The van der Waals surface area contributed by atoms with Crippen molar-refractivity contribution in [2.24, 2.45) is 10.8 Å². The summed E-state index contributed by atoms with van der Waals surface area (Å²) in [6, 6.07) is 16.3. The Morgan fingerprint density at radius 1 is 1.06 bits per heavy atom. The molecule has 2 aliphatic rings. The van der Waals surface area contributed by atoms with Crippen LogP contribution in [0.15, 0.2) is 48.5 Å². The maximum Gasteiger partial charge on any atom is 0.407 e. The number of rotatable bonds is 8. The van der Waals surface area contributed by atoms with Gasteiger partial charge in [-0.2, -0.15) is 0 Å². The second-order valence-corrected chi connectivity index (χ2v) is 10.0. The lowest BCUT2D eigenvalue weighted by Gasteiger charge is -2.35. The Hall–Kier alpha value is -3.35. The molecule has 2 aromatic carbocycles. The molecule has 1 aliphatic carbocycles. The summed E-state index contributed by atoms with van der Waals surface area (Å²) in [5, 5.41) is 12.3. The Bertz CT molecular complexity index is 1080. The fraction of sp³-hybridized carbons (Fsp3) is 0.464. The summed E-state index contributed by atoms with van der Waals surface area (Å²) in [5.74, 6) is -1.02. The average molecular weight is 479 g/mol. The molecule has 7 nitrogen and oxygen atoms in total. The second-order valence-electron chi connectivity index (χ2n) is 10.0. The van der Waals surface area contributed by atoms with Crippen molar-refractivity contribution in [1.82, 2.24) is 10.2 Å². The third-order valence-electron chi connectivity index (χ3n) is 8.00. The fourth-order valence-corrected chi connectivity index (χ4v) is 5.41. The van der Waals surface area contributed by atoms with Gasteiger partial charge < -0.3 is 20.1 Å². The van der Waals surface area contributed by atoms with Crippen molar-refractivity contribution in [2.75, 3.05) is 26.2 Å². The molecule has 2 N–H and O–H groups in total. The van der Waals surface area contributed by atoms with Crippen molar-refractivity contribution in [2.45, 2.75) is 46.0 Å². The average Bonchev–Trinajstić information content (AvgIpc) is 3.43. The summed E-state index contributed by atoms with van der Waals surface area (Å²) in [6.45, 7) is 6.48. The lowest BCUT2D eigenvalue weighted by molar-refractivity contribution is -0.148. The topological polar surface area (TPSA) is 95.9 Å². The molecule has 1 saturated heterocycles. The van der Waals surface area contributed by atoms with E-state index in [1.165, 1.54) is 0 Å². The molecule has 0 saturated carbocycles. The van der Waals surface area contributed by atoms with Gasteiger partial charge in [0.1, 0.15) is 6.61 Å². The molecular formula is C28H34N2O5. The molecule has 2 amide bonds. The number of ether oxygens (including phenoxy) is 1. The van der Waals surface area contributed by atoms with Crippen LogP contribution in [-0.4, -0.2) is 54.2 Å². The number of nitrogens with zero attached hydrogens (tertiary/aromatic N) is 1. The van der Waals surface area contributed by atoms with Crippen molar-refractivity contribution in [3.05, 3.63) is 59.7 Å². The molecule has 1 fully saturated rings. The molecule has 1 aliphatic heterocycles. The molecule has 35 heavy (non-hydrogen) atoms. The summed E-state index contributed by atoms with van der Waals surface area (Å²) in [6.07, 6.45) is 0.943. The summed E-state index contributed by atoms with van der Waals surface area (Å²) in [4.78, 5) is 39.4. The minimum atomic E-state index is -0.927. The number of carbonyl (C=O) groups is 3. The third-order valence-corrected chi connectivity index (χ3v) is 8.00. The summed E-state index contributed by atoms with van der Waals surface area (Å²) in [7, 11) is 0. The number of carboxylic acids is 1. The Kier molecular flexibility index (Phi) is 6.88. The van der Waals surface area contributed by atoms with Crippen molar-refractivity contribution in [3.8, 4) is 11.1 Å². The third kappa shape index (κ3) is 4.51. The van der Waals surface area contributed by atoms with Crippen LogP contribution in [0.4, 0.5) is 4.79 Å². The maximum absolute atomic E-state index is 13.4. The van der Waals surface area contributed by atoms with E-state index in [1.54, 1.807) is 11.8 Å². The first kappa shape index (κ1) is 24.8. The number of benzene rings is 2. The molecule has 2 aromatic rings. The molecule has 1 heterocycles. The molecule has 1 atom stereocenters. The minimum Gasteiger partial charge on any atom is -0.481 e. The van der Waals surface area contributed by atoms with E-state index in [-0.39, 0.29) is 31.5 Å². The highest BCUT2D eigenvalue weighted by atomic mass is 16.5. The number of aliphatic carboxylic acids is 1. The van der Waals surface area contributed by atoms with E-state index in [4.69, 9.17) is 4.74 Å². The van der Waals surface area contributed by atoms with Gasteiger partial charge in [-0.05, 0) is 48.4 Å². The number of nitrogens with one attached hydrogen (secondary N) is 1. The molecule has 1 unspecified atom stereocenters. The number of alkyl carbamates (subject to hydrolysis) is 1. The summed E-state index contributed by atoms with van der Waals surface area (Å²) in [5.41, 5.74) is 2.89. The highest BCUT2D eigenvalue weighted by Gasteiger charge is 2.47. The Balaban J connectivity index is 1.39. The van der Waals surface area contributed by atoms with Gasteiger partial charge in [0.2, 0.25) is 5.91 Å². The zero-order valence-electron chi connectivity index (χ0n) is 20.7. The van der Waals surface area contributed by atoms with Gasteiger partial charge >= 0.3 is 12.1 Å². The van der Waals surface area contributed by atoms with Gasteiger partial charge in [0, 0.05) is 25.6 Å². The van der Waals surface area contributed by atoms with Crippen molar-refractivity contribution in [3.63, 3.8) is 0 Å². The van der Waals surface area contributed by atoms with Crippen LogP contribution >= 0.6 is 0 Å². The SMILES string of the molecule is CCC(CC)(CNC(=O)OCC1c2ccccc2-c2ccccc21)C(=O)N1CCC(C)(C(=O)O)C1. The largest absolute Gasteiger partial charge is 0.481 e. The van der Waals surface area contributed by atoms with E-state index in [0.29, 0.717) is 25.8 Å². The first-order chi connectivity index (χ1) is 16.7. The Morgan fingerprint density at radius 2 is 1.63 bits per heavy atom. The first-order valence-corrected chi connectivity index (χ1v) is 12.4. The molecular weight excluding hydrogens is 444 g/mol. The van der Waals surface area contributed by atoms with Crippen molar-refractivity contribution >= 4 is 18.0 Å². The number of carboxylic acid groups (broad SMARTS) is 1. The maximum atomic E-state index is 13.4. The van der Waals surface area contributed by atoms with Gasteiger partial charge in [0.15, 0.2) is 0 Å². The predicted octanol–water partition coefficient (Wildman–Crippen LogP) is 4.65. The van der Waals surface area contributed by atoms with Crippen LogP contribution in [-0.2, 0) is 14.3 Å². The molecule has 0 spiro atoms. The predicted molar refractivity (Wildman–Crippen MR) is 133 cm³/mol. The zero-order valence-corrected chi connectivity index (χ0v) is 20.7. The van der Waals surface area contributed by atoms with Crippen LogP contribution in [0.1, 0.15) is 57.1 Å². The normalized spacial score (nSPS) is 19.2. The smallest absolute Gasteiger partial charge is 0.407 e. The van der Waals surface area contributed by atoms with E-state index in [9.17, 15) is 19.5 Å². The molecule has 186 valence electrons. The van der Waals surface area contributed by atoms with Gasteiger partial charge in [-0.25, -0.2) is 4.79 Å². The quantitative estimate of drug-likeness (QED) is 0.576. The number of hydrogen-bond acceptors (Lipinski definition) is 4. The van der Waals surface area contributed by atoms with Crippen molar-refractivity contribution < 1.29 is 24.2 Å². The van der Waals surface area contributed by atoms with E-state index in [0.717, 1.165) is 22.3 Å². The van der Waals surface area contributed by atoms with Crippen LogP contribution < -0.4 is 5.32 Å². The lowest BCUT2D eigenvalue weighted by atomic mass is 9.80. The number of fused-ring (bicyclic) bond motifs is 3. The lowest BCUT2D eigenvalue weighted by Crippen LogP contribution is -2.49. The van der Waals surface area contributed by atoms with Gasteiger partial charge in [-0.15, -0.1) is 0 Å². The van der Waals surface area contributed by atoms with Gasteiger partial charge in [-0.3, -0.25) is 9.59 Å². The molecule has 0 aromatic heterocycles. The van der Waals surface area contributed by atoms with E-state index in [1.807, 2.05) is 38.1 Å². The number of carbonyl (C=O) groups excluding carboxylic acids is 2. The van der Waals surface area contributed by atoms with Crippen LogP contribution in [0.5, 0.6) is 0 Å². The van der Waals surface area contributed by atoms with Gasteiger partial charge in [0.25, 0.3) is 0 Å². The summed E-state index contributed by atoms with van der Waals surface area (Å²) < 4.78 is 5.64. The highest BCUT2D eigenvalue weighted by molar-refractivity contribution is 5.85.